The van der Waals surface area contributed by atoms with Crippen molar-refractivity contribution in [1.82, 2.24) is 5.32 Å². The lowest BCUT2D eigenvalue weighted by Crippen LogP contribution is -2.19. The summed E-state index contributed by atoms with van der Waals surface area (Å²) in [5.41, 5.74) is 1.62. The fourth-order valence-electron chi connectivity index (χ4n) is 2.12. The summed E-state index contributed by atoms with van der Waals surface area (Å²) >= 11 is 0. The number of furan rings is 1. The highest BCUT2D eigenvalue weighted by Gasteiger charge is 2.19. The van der Waals surface area contributed by atoms with Gasteiger partial charge in [-0.25, -0.2) is 4.39 Å². The zero-order chi connectivity index (χ0) is 12.4. The van der Waals surface area contributed by atoms with Crippen LogP contribution in [0.25, 0.3) is 0 Å². The molecule has 1 N–H and O–H groups in total. The minimum Gasteiger partial charge on any atom is -0.466 e. The molecule has 0 aliphatic rings. The van der Waals surface area contributed by atoms with Crippen LogP contribution < -0.4 is 5.32 Å². The molecule has 2 rings (SSSR count). The Balaban J connectivity index is 2.47. The molecule has 0 aliphatic heterocycles. The van der Waals surface area contributed by atoms with Crippen molar-refractivity contribution in [1.29, 1.82) is 0 Å². The highest BCUT2D eigenvalue weighted by atomic mass is 19.1. The van der Waals surface area contributed by atoms with E-state index in [-0.39, 0.29) is 11.9 Å². The Bertz CT molecular complexity index is 519. The minimum absolute atomic E-state index is 0.173. The van der Waals surface area contributed by atoms with Gasteiger partial charge >= 0.3 is 0 Å². The van der Waals surface area contributed by atoms with E-state index in [0.717, 1.165) is 17.1 Å². The smallest absolute Gasteiger partial charge is 0.128 e. The molecule has 3 heteroatoms. The fraction of sp³-hybridized carbons (Fsp3) is 0.286. The summed E-state index contributed by atoms with van der Waals surface area (Å²) in [6, 6.07) is 8.57. The fourth-order valence-corrected chi connectivity index (χ4v) is 2.12. The second-order valence-electron chi connectivity index (χ2n) is 4.11. The molecular weight excluding hydrogens is 217 g/mol. The van der Waals surface area contributed by atoms with Crippen LogP contribution in [0.1, 0.15) is 28.7 Å². The van der Waals surface area contributed by atoms with Crippen molar-refractivity contribution in [2.45, 2.75) is 19.9 Å². The van der Waals surface area contributed by atoms with Crippen LogP contribution in [0.15, 0.2) is 34.7 Å². The molecule has 0 spiro atoms. The summed E-state index contributed by atoms with van der Waals surface area (Å²) in [6.07, 6.45) is 0. The molecule has 1 atom stereocenters. The van der Waals surface area contributed by atoms with Gasteiger partial charge in [0, 0.05) is 11.1 Å². The molecule has 2 nitrogen and oxygen atoms in total. The van der Waals surface area contributed by atoms with Crippen molar-refractivity contribution < 1.29 is 8.81 Å². The zero-order valence-electron chi connectivity index (χ0n) is 10.3. The maximum absolute atomic E-state index is 13.8. The first kappa shape index (κ1) is 11.9. The van der Waals surface area contributed by atoms with Gasteiger partial charge in [0.25, 0.3) is 0 Å². The van der Waals surface area contributed by atoms with E-state index < -0.39 is 0 Å². The van der Waals surface area contributed by atoms with E-state index in [9.17, 15) is 4.39 Å². The molecule has 0 radical (unpaired) electrons. The van der Waals surface area contributed by atoms with Crippen LogP contribution in [0.4, 0.5) is 4.39 Å². The molecule has 0 fully saturated rings. The Morgan fingerprint density at radius 2 is 1.88 bits per heavy atom. The molecular formula is C14H16FNO. The Morgan fingerprint density at radius 1 is 1.18 bits per heavy atom. The molecule has 1 aromatic heterocycles. The molecule has 0 saturated carbocycles. The topological polar surface area (TPSA) is 25.2 Å². The van der Waals surface area contributed by atoms with Crippen LogP contribution in [0, 0.1) is 19.7 Å². The molecule has 2 aromatic rings. The first-order valence-corrected chi connectivity index (χ1v) is 5.62. The highest BCUT2D eigenvalue weighted by molar-refractivity contribution is 5.35. The van der Waals surface area contributed by atoms with E-state index in [2.05, 4.69) is 5.32 Å². The molecule has 1 unspecified atom stereocenters. The van der Waals surface area contributed by atoms with Gasteiger partial charge in [0.05, 0.1) is 6.04 Å². The lowest BCUT2D eigenvalue weighted by molar-refractivity contribution is 0.495. The van der Waals surface area contributed by atoms with E-state index in [0.29, 0.717) is 5.56 Å². The third kappa shape index (κ3) is 2.24. The number of hydrogen-bond acceptors (Lipinski definition) is 2. The van der Waals surface area contributed by atoms with Crippen LogP contribution in [-0.2, 0) is 0 Å². The summed E-state index contributed by atoms with van der Waals surface area (Å²) in [6.45, 7) is 3.79. The summed E-state index contributed by atoms with van der Waals surface area (Å²) < 4.78 is 19.3. The van der Waals surface area contributed by atoms with Crippen LogP contribution in [0.2, 0.25) is 0 Å². The van der Waals surface area contributed by atoms with Crippen molar-refractivity contribution in [2.24, 2.45) is 0 Å². The van der Waals surface area contributed by atoms with E-state index >= 15 is 0 Å². The van der Waals surface area contributed by atoms with Crippen LogP contribution in [0.3, 0.4) is 0 Å². The third-order valence-electron chi connectivity index (χ3n) is 2.90. The van der Waals surface area contributed by atoms with E-state index in [1.54, 1.807) is 12.1 Å². The van der Waals surface area contributed by atoms with E-state index in [1.165, 1.54) is 6.07 Å². The standard InChI is InChI=1S/C14H16FNO/c1-9-8-12(10(2)17-9)14(16-3)11-6-4-5-7-13(11)15/h4-8,14,16H,1-3H3. The Kier molecular flexibility index (Phi) is 3.29. The molecule has 90 valence electrons. The molecule has 0 aliphatic carbocycles. The number of halogens is 1. The monoisotopic (exact) mass is 233 g/mol. The maximum Gasteiger partial charge on any atom is 0.128 e. The largest absolute Gasteiger partial charge is 0.466 e. The van der Waals surface area contributed by atoms with Crippen molar-refractivity contribution in [2.75, 3.05) is 7.05 Å². The van der Waals surface area contributed by atoms with Gasteiger partial charge in [-0.1, -0.05) is 18.2 Å². The van der Waals surface area contributed by atoms with Gasteiger partial charge in [-0.05, 0) is 33.0 Å². The Labute approximate surface area is 100 Å². The first-order chi connectivity index (χ1) is 8.13. The molecule has 1 aromatic carbocycles. The van der Waals surface area contributed by atoms with Gasteiger partial charge in [-0.15, -0.1) is 0 Å². The van der Waals surface area contributed by atoms with Gasteiger partial charge in [0.2, 0.25) is 0 Å². The highest BCUT2D eigenvalue weighted by Crippen LogP contribution is 2.28. The second kappa shape index (κ2) is 4.72. The van der Waals surface area contributed by atoms with Crippen molar-refractivity contribution in [3.63, 3.8) is 0 Å². The normalized spacial score (nSPS) is 12.7. The molecule has 1 heterocycles. The summed E-state index contributed by atoms with van der Waals surface area (Å²) in [5.74, 6) is 1.46. The quantitative estimate of drug-likeness (QED) is 0.879. The lowest BCUT2D eigenvalue weighted by atomic mass is 9.98. The summed E-state index contributed by atoms with van der Waals surface area (Å²) in [4.78, 5) is 0. The number of hydrogen-bond donors (Lipinski definition) is 1. The van der Waals surface area contributed by atoms with Gasteiger partial charge < -0.3 is 9.73 Å². The summed E-state index contributed by atoms with van der Waals surface area (Å²) in [5, 5.41) is 3.13. The minimum atomic E-state index is -0.204. The van der Waals surface area contributed by atoms with Crippen molar-refractivity contribution >= 4 is 0 Å². The van der Waals surface area contributed by atoms with E-state index in [1.807, 2.05) is 33.0 Å². The predicted molar refractivity (Wildman–Crippen MR) is 65.5 cm³/mol. The van der Waals surface area contributed by atoms with Crippen molar-refractivity contribution in [3.8, 4) is 0 Å². The SMILES string of the molecule is CNC(c1ccccc1F)c1cc(C)oc1C. The lowest BCUT2D eigenvalue weighted by Gasteiger charge is -2.16. The van der Waals surface area contributed by atoms with Gasteiger partial charge in [-0.3, -0.25) is 0 Å². The van der Waals surface area contributed by atoms with Crippen LogP contribution in [0.5, 0.6) is 0 Å². The van der Waals surface area contributed by atoms with E-state index in [4.69, 9.17) is 4.42 Å². The molecule has 17 heavy (non-hydrogen) atoms. The Hall–Kier alpha value is -1.61. The maximum atomic E-state index is 13.8. The zero-order valence-corrected chi connectivity index (χ0v) is 10.3. The molecule has 0 amide bonds. The van der Waals surface area contributed by atoms with Gasteiger partial charge in [0.1, 0.15) is 17.3 Å². The second-order valence-corrected chi connectivity index (χ2v) is 4.11. The molecule has 0 bridgehead atoms. The third-order valence-corrected chi connectivity index (χ3v) is 2.90. The Morgan fingerprint density at radius 3 is 2.41 bits per heavy atom. The molecule has 0 saturated heterocycles. The first-order valence-electron chi connectivity index (χ1n) is 5.62. The summed E-state index contributed by atoms with van der Waals surface area (Å²) in [7, 11) is 1.82. The van der Waals surface area contributed by atoms with Crippen molar-refractivity contribution in [3.05, 3.63) is 58.8 Å². The van der Waals surface area contributed by atoms with Crippen LogP contribution in [-0.4, -0.2) is 7.05 Å². The van der Waals surface area contributed by atoms with Gasteiger partial charge in [-0.2, -0.15) is 0 Å². The predicted octanol–water partition coefficient (Wildman–Crippen LogP) is 3.34. The van der Waals surface area contributed by atoms with Crippen LogP contribution >= 0.6 is 0 Å². The number of nitrogens with one attached hydrogen (secondary N) is 1. The van der Waals surface area contributed by atoms with Gasteiger partial charge in [0.15, 0.2) is 0 Å². The number of rotatable bonds is 3. The number of aryl methyl sites for hydroxylation is 2. The average Bonchev–Trinajstić information content (AvgIpc) is 2.62. The number of benzene rings is 1. The average molecular weight is 233 g/mol.